The van der Waals surface area contributed by atoms with Gasteiger partial charge in [0.15, 0.2) is 0 Å². The first kappa shape index (κ1) is 14.4. The number of nitro groups is 1. The van der Waals surface area contributed by atoms with E-state index in [2.05, 4.69) is 4.98 Å². The number of amidine groups is 1. The van der Waals surface area contributed by atoms with Gasteiger partial charge in [-0.25, -0.2) is 4.98 Å². The Hall–Kier alpha value is -2.96. The molecule has 3 N–H and O–H groups in total. The zero-order valence-corrected chi connectivity index (χ0v) is 11.4. The molecule has 1 heterocycles. The van der Waals surface area contributed by atoms with E-state index in [0.717, 1.165) is 5.56 Å². The van der Waals surface area contributed by atoms with Crippen molar-refractivity contribution in [2.45, 2.75) is 13.3 Å². The van der Waals surface area contributed by atoms with Crippen LogP contribution in [-0.4, -0.2) is 15.7 Å². The zero-order chi connectivity index (χ0) is 15.4. The van der Waals surface area contributed by atoms with Crippen molar-refractivity contribution in [3.05, 3.63) is 57.8 Å². The summed E-state index contributed by atoms with van der Waals surface area (Å²) in [7, 11) is 0. The van der Waals surface area contributed by atoms with Gasteiger partial charge in [0.05, 0.1) is 4.92 Å². The topological polar surface area (TPSA) is 115 Å². The quantitative estimate of drug-likeness (QED) is 0.379. The molecule has 21 heavy (non-hydrogen) atoms. The maximum absolute atomic E-state index is 11.1. The lowest BCUT2D eigenvalue weighted by molar-refractivity contribution is -0.385. The molecule has 1 aromatic heterocycles. The summed E-state index contributed by atoms with van der Waals surface area (Å²) in [6.07, 6.45) is 2.12. The van der Waals surface area contributed by atoms with Crippen molar-refractivity contribution < 1.29 is 9.66 Å². The molecule has 2 rings (SSSR count). The normalized spacial score (nSPS) is 10.1. The summed E-state index contributed by atoms with van der Waals surface area (Å²) in [6.45, 7) is 1.91. The molecule has 7 heteroatoms. The Bertz CT molecular complexity index is 700. The van der Waals surface area contributed by atoms with Crippen LogP contribution in [0.3, 0.4) is 0 Å². The second kappa shape index (κ2) is 6.00. The van der Waals surface area contributed by atoms with Crippen LogP contribution in [0.1, 0.15) is 18.1 Å². The van der Waals surface area contributed by atoms with E-state index < -0.39 is 4.92 Å². The van der Waals surface area contributed by atoms with Crippen molar-refractivity contribution in [1.29, 1.82) is 5.41 Å². The van der Waals surface area contributed by atoms with Crippen LogP contribution < -0.4 is 10.5 Å². The second-order valence-electron chi connectivity index (χ2n) is 4.31. The molecule has 0 radical (unpaired) electrons. The highest BCUT2D eigenvalue weighted by Gasteiger charge is 2.17. The van der Waals surface area contributed by atoms with Gasteiger partial charge in [-0.15, -0.1) is 0 Å². The average molecular weight is 286 g/mol. The van der Waals surface area contributed by atoms with Crippen LogP contribution in [0, 0.1) is 15.5 Å². The number of hydrogen-bond donors (Lipinski definition) is 2. The van der Waals surface area contributed by atoms with Crippen LogP contribution in [-0.2, 0) is 6.42 Å². The van der Waals surface area contributed by atoms with Crippen LogP contribution >= 0.6 is 0 Å². The Morgan fingerprint density at radius 1 is 1.43 bits per heavy atom. The van der Waals surface area contributed by atoms with Gasteiger partial charge in [-0.05, 0) is 24.1 Å². The number of nitrogen functional groups attached to an aromatic ring is 1. The number of nitro benzene ring substituents is 1. The van der Waals surface area contributed by atoms with Crippen LogP contribution in [0.15, 0.2) is 36.5 Å². The SMILES string of the molecule is CCc1ccc(Oc2cc(C(=N)N)ccn2)c([N+](=O)[O-])c1. The molecule has 0 aliphatic heterocycles. The second-order valence-corrected chi connectivity index (χ2v) is 4.31. The summed E-state index contributed by atoms with van der Waals surface area (Å²) in [5.41, 5.74) is 6.55. The first-order valence-corrected chi connectivity index (χ1v) is 6.27. The highest BCUT2D eigenvalue weighted by atomic mass is 16.6. The third-order valence-corrected chi connectivity index (χ3v) is 2.89. The highest BCUT2D eigenvalue weighted by molar-refractivity contribution is 5.95. The minimum atomic E-state index is -0.497. The summed E-state index contributed by atoms with van der Waals surface area (Å²) in [5, 5.41) is 18.5. The molecule has 0 bridgehead atoms. The van der Waals surface area contributed by atoms with Crippen LogP contribution in [0.2, 0.25) is 0 Å². The van der Waals surface area contributed by atoms with Gasteiger partial charge < -0.3 is 10.5 Å². The van der Waals surface area contributed by atoms with Crippen molar-refractivity contribution in [2.75, 3.05) is 0 Å². The molecule has 0 aliphatic carbocycles. The van der Waals surface area contributed by atoms with E-state index in [0.29, 0.717) is 12.0 Å². The van der Waals surface area contributed by atoms with Gasteiger partial charge >= 0.3 is 5.69 Å². The van der Waals surface area contributed by atoms with Gasteiger partial charge in [0.1, 0.15) is 5.84 Å². The number of aryl methyl sites for hydroxylation is 1. The van der Waals surface area contributed by atoms with E-state index in [1.165, 1.54) is 18.3 Å². The molecule has 0 saturated heterocycles. The molecular weight excluding hydrogens is 272 g/mol. The largest absolute Gasteiger partial charge is 0.432 e. The lowest BCUT2D eigenvalue weighted by Crippen LogP contribution is -2.11. The summed E-state index contributed by atoms with van der Waals surface area (Å²) in [6, 6.07) is 7.80. The van der Waals surface area contributed by atoms with Crippen molar-refractivity contribution >= 4 is 11.5 Å². The molecule has 1 aromatic carbocycles. The summed E-state index contributed by atoms with van der Waals surface area (Å²) in [4.78, 5) is 14.6. The summed E-state index contributed by atoms with van der Waals surface area (Å²) < 4.78 is 5.46. The van der Waals surface area contributed by atoms with Gasteiger partial charge in [-0.2, -0.15) is 0 Å². The van der Waals surface area contributed by atoms with Crippen LogP contribution in [0.4, 0.5) is 5.69 Å². The third-order valence-electron chi connectivity index (χ3n) is 2.89. The number of nitrogens with two attached hydrogens (primary N) is 1. The maximum atomic E-state index is 11.1. The zero-order valence-electron chi connectivity index (χ0n) is 11.4. The molecule has 0 unspecified atom stereocenters. The fourth-order valence-corrected chi connectivity index (χ4v) is 1.76. The maximum Gasteiger partial charge on any atom is 0.311 e. The van der Waals surface area contributed by atoms with Crippen molar-refractivity contribution in [2.24, 2.45) is 5.73 Å². The minimum Gasteiger partial charge on any atom is -0.432 e. The van der Waals surface area contributed by atoms with Crippen LogP contribution in [0.25, 0.3) is 0 Å². The third kappa shape index (κ3) is 3.33. The fraction of sp³-hybridized carbons (Fsp3) is 0.143. The minimum absolute atomic E-state index is 0.102. The molecule has 0 atom stereocenters. The predicted molar refractivity (Wildman–Crippen MR) is 77.8 cm³/mol. The number of nitrogens with zero attached hydrogens (tertiary/aromatic N) is 2. The molecule has 7 nitrogen and oxygen atoms in total. The summed E-state index contributed by atoms with van der Waals surface area (Å²) >= 11 is 0. The van der Waals surface area contributed by atoms with E-state index >= 15 is 0 Å². The molecule has 108 valence electrons. The average Bonchev–Trinajstić information content (AvgIpc) is 2.47. The highest BCUT2D eigenvalue weighted by Crippen LogP contribution is 2.31. The first-order valence-electron chi connectivity index (χ1n) is 6.27. The smallest absolute Gasteiger partial charge is 0.311 e. The van der Waals surface area contributed by atoms with Crippen LogP contribution in [0.5, 0.6) is 11.6 Å². The number of ether oxygens (including phenoxy) is 1. The van der Waals surface area contributed by atoms with Gasteiger partial charge in [0.2, 0.25) is 11.6 Å². The van der Waals surface area contributed by atoms with Gasteiger partial charge in [0, 0.05) is 23.9 Å². The Morgan fingerprint density at radius 3 is 2.81 bits per heavy atom. The number of hydrogen-bond acceptors (Lipinski definition) is 5. The molecule has 0 amide bonds. The van der Waals surface area contributed by atoms with Gasteiger partial charge in [0.25, 0.3) is 0 Å². The first-order chi connectivity index (χ1) is 10.0. The number of pyridine rings is 1. The monoisotopic (exact) mass is 286 g/mol. The molecule has 0 fully saturated rings. The summed E-state index contributed by atoms with van der Waals surface area (Å²) in [5.74, 6) is 0.124. The number of nitrogens with one attached hydrogen (secondary N) is 1. The van der Waals surface area contributed by atoms with E-state index in [1.54, 1.807) is 18.2 Å². The fourth-order valence-electron chi connectivity index (χ4n) is 1.76. The number of aromatic nitrogens is 1. The van der Waals surface area contributed by atoms with E-state index in [1.807, 2.05) is 6.92 Å². The van der Waals surface area contributed by atoms with Gasteiger partial charge in [-0.1, -0.05) is 13.0 Å². The van der Waals surface area contributed by atoms with Gasteiger partial charge in [-0.3, -0.25) is 15.5 Å². The lowest BCUT2D eigenvalue weighted by Gasteiger charge is -2.07. The lowest BCUT2D eigenvalue weighted by atomic mass is 10.1. The van der Waals surface area contributed by atoms with E-state index in [-0.39, 0.29) is 23.2 Å². The molecular formula is C14H14N4O3. The van der Waals surface area contributed by atoms with Crippen molar-refractivity contribution in [3.8, 4) is 11.6 Å². The Kier molecular flexibility index (Phi) is 4.13. The molecule has 0 saturated carbocycles. The molecule has 0 aliphatic rings. The van der Waals surface area contributed by atoms with E-state index in [9.17, 15) is 10.1 Å². The van der Waals surface area contributed by atoms with Crippen molar-refractivity contribution in [1.82, 2.24) is 4.98 Å². The molecule has 0 spiro atoms. The Morgan fingerprint density at radius 2 is 2.19 bits per heavy atom. The van der Waals surface area contributed by atoms with Crippen molar-refractivity contribution in [3.63, 3.8) is 0 Å². The number of benzene rings is 1. The Balaban J connectivity index is 2.37. The molecule has 2 aromatic rings. The Labute approximate surface area is 121 Å². The predicted octanol–water partition coefficient (Wildman–Crippen LogP) is 2.63. The standard InChI is InChI=1S/C14H14N4O3/c1-2-9-3-4-12(11(7-9)18(19)20)21-13-8-10(14(15)16)5-6-17-13/h3-8H,2H2,1H3,(H3,15,16). The number of rotatable bonds is 5. The van der Waals surface area contributed by atoms with E-state index in [4.69, 9.17) is 15.9 Å².